The van der Waals surface area contributed by atoms with Crippen molar-refractivity contribution in [2.75, 3.05) is 25.9 Å². The SMILES string of the molecule is CCCN(CC)Cc1ccc(OC)cc1N. The van der Waals surface area contributed by atoms with Crippen molar-refractivity contribution < 1.29 is 4.74 Å². The lowest BCUT2D eigenvalue weighted by Crippen LogP contribution is -2.24. The number of hydrogen-bond donors (Lipinski definition) is 1. The van der Waals surface area contributed by atoms with Gasteiger partial charge in [-0.05, 0) is 31.1 Å². The number of nitrogens with two attached hydrogens (primary N) is 1. The molecule has 0 aliphatic heterocycles. The van der Waals surface area contributed by atoms with E-state index in [4.69, 9.17) is 10.5 Å². The maximum atomic E-state index is 5.99. The average Bonchev–Trinajstić information content (AvgIpc) is 2.30. The zero-order chi connectivity index (χ0) is 12.0. The second-order valence-electron chi connectivity index (χ2n) is 3.93. The van der Waals surface area contributed by atoms with Crippen LogP contribution >= 0.6 is 0 Å². The van der Waals surface area contributed by atoms with Crippen molar-refractivity contribution in [2.45, 2.75) is 26.8 Å². The zero-order valence-corrected chi connectivity index (χ0v) is 10.5. The van der Waals surface area contributed by atoms with Gasteiger partial charge in [-0.2, -0.15) is 0 Å². The van der Waals surface area contributed by atoms with E-state index in [1.165, 1.54) is 12.0 Å². The van der Waals surface area contributed by atoms with Crippen LogP contribution in [0.5, 0.6) is 5.75 Å². The third kappa shape index (κ3) is 3.42. The molecule has 3 heteroatoms. The molecule has 2 N–H and O–H groups in total. The topological polar surface area (TPSA) is 38.5 Å². The van der Waals surface area contributed by atoms with Crippen LogP contribution in [0.4, 0.5) is 5.69 Å². The van der Waals surface area contributed by atoms with Crippen LogP contribution in [0.1, 0.15) is 25.8 Å². The predicted molar refractivity (Wildman–Crippen MR) is 68.6 cm³/mol. The lowest BCUT2D eigenvalue weighted by Gasteiger charge is -2.20. The maximum absolute atomic E-state index is 5.99. The van der Waals surface area contributed by atoms with Gasteiger partial charge < -0.3 is 10.5 Å². The highest BCUT2D eigenvalue weighted by molar-refractivity contribution is 5.51. The van der Waals surface area contributed by atoms with E-state index >= 15 is 0 Å². The first-order chi connectivity index (χ1) is 7.71. The minimum atomic E-state index is 0.814. The molecule has 0 unspecified atom stereocenters. The van der Waals surface area contributed by atoms with E-state index in [1.54, 1.807) is 7.11 Å². The molecule has 0 atom stereocenters. The van der Waals surface area contributed by atoms with Crippen LogP contribution in [-0.2, 0) is 6.54 Å². The van der Waals surface area contributed by atoms with E-state index in [-0.39, 0.29) is 0 Å². The van der Waals surface area contributed by atoms with Crippen LogP contribution in [0.15, 0.2) is 18.2 Å². The summed E-state index contributed by atoms with van der Waals surface area (Å²) >= 11 is 0. The summed E-state index contributed by atoms with van der Waals surface area (Å²) in [4.78, 5) is 2.39. The molecule has 0 spiro atoms. The Balaban J connectivity index is 2.72. The minimum Gasteiger partial charge on any atom is -0.497 e. The Hall–Kier alpha value is -1.22. The predicted octanol–water partition coefficient (Wildman–Crippen LogP) is 2.51. The molecule has 1 rings (SSSR count). The summed E-state index contributed by atoms with van der Waals surface area (Å²) in [6.07, 6.45) is 1.17. The molecule has 0 saturated carbocycles. The molecule has 0 amide bonds. The molecule has 0 radical (unpaired) electrons. The van der Waals surface area contributed by atoms with Gasteiger partial charge in [0.25, 0.3) is 0 Å². The molecular weight excluding hydrogens is 200 g/mol. The van der Waals surface area contributed by atoms with E-state index in [9.17, 15) is 0 Å². The fraction of sp³-hybridized carbons (Fsp3) is 0.538. The lowest BCUT2D eigenvalue weighted by atomic mass is 10.1. The molecule has 0 bridgehead atoms. The van der Waals surface area contributed by atoms with E-state index in [1.807, 2.05) is 18.2 Å². The van der Waals surface area contributed by atoms with E-state index < -0.39 is 0 Å². The molecule has 0 aromatic heterocycles. The minimum absolute atomic E-state index is 0.814. The summed E-state index contributed by atoms with van der Waals surface area (Å²) in [5.74, 6) is 0.819. The van der Waals surface area contributed by atoms with Crippen molar-refractivity contribution >= 4 is 5.69 Å². The van der Waals surface area contributed by atoms with Gasteiger partial charge in [0, 0.05) is 18.3 Å². The summed E-state index contributed by atoms with van der Waals surface area (Å²) in [6.45, 7) is 7.46. The standard InChI is InChI=1S/C13H22N2O/c1-4-8-15(5-2)10-11-6-7-12(16-3)9-13(11)14/h6-7,9H,4-5,8,10,14H2,1-3H3. The molecular formula is C13H22N2O. The Kier molecular flexibility index (Phi) is 5.12. The van der Waals surface area contributed by atoms with Gasteiger partial charge in [0.05, 0.1) is 7.11 Å². The highest BCUT2D eigenvalue weighted by Gasteiger charge is 2.06. The van der Waals surface area contributed by atoms with E-state index in [0.717, 1.165) is 31.1 Å². The Morgan fingerprint density at radius 3 is 2.56 bits per heavy atom. The Morgan fingerprint density at radius 1 is 1.31 bits per heavy atom. The Labute approximate surface area is 98.2 Å². The van der Waals surface area contributed by atoms with Crippen molar-refractivity contribution in [1.29, 1.82) is 0 Å². The van der Waals surface area contributed by atoms with E-state index in [0.29, 0.717) is 0 Å². The first-order valence-corrected chi connectivity index (χ1v) is 5.86. The molecule has 16 heavy (non-hydrogen) atoms. The van der Waals surface area contributed by atoms with Crippen molar-refractivity contribution in [3.8, 4) is 5.75 Å². The van der Waals surface area contributed by atoms with Gasteiger partial charge in [0.15, 0.2) is 0 Å². The number of nitrogen functional groups attached to an aromatic ring is 1. The van der Waals surface area contributed by atoms with Gasteiger partial charge in [-0.25, -0.2) is 0 Å². The third-order valence-electron chi connectivity index (χ3n) is 2.73. The molecule has 0 aliphatic carbocycles. The number of ether oxygens (including phenoxy) is 1. The average molecular weight is 222 g/mol. The number of hydrogen-bond acceptors (Lipinski definition) is 3. The van der Waals surface area contributed by atoms with Gasteiger partial charge in [-0.3, -0.25) is 4.90 Å². The summed E-state index contributed by atoms with van der Waals surface area (Å²) in [7, 11) is 1.66. The van der Waals surface area contributed by atoms with Crippen LogP contribution in [0.3, 0.4) is 0 Å². The fourth-order valence-corrected chi connectivity index (χ4v) is 1.75. The van der Waals surface area contributed by atoms with Crippen molar-refractivity contribution in [3.63, 3.8) is 0 Å². The molecule has 1 aromatic carbocycles. The van der Waals surface area contributed by atoms with Crippen molar-refractivity contribution in [2.24, 2.45) is 0 Å². The molecule has 0 fully saturated rings. The maximum Gasteiger partial charge on any atom is 0.120 e. The van der Waals surface area contributed by atoms with E-state index in [2.05, 4.69) is 18.7 Å². The second-order valence-corrected chi connectivity index (χ2v) is 3.93. The number of rotatable bonds is 6. The lowest BCUT2D eigenvalue weighted by molar-refractivity contribution is 0.281. The Morgan fingerprint density at radius 2 is 2.06 bits per heavy atom. The number of benzene rings is 1. The number of methoxy groups -OCH3 is 1. The van der Waals surface area contributed by atoms with Crippen LogP contribution in [0.25, 0.3) is 0 Å². The van der Waals surface area contributed by atoms with Gasteiger partial charge in [0.2, 0.25) is 0 Å². The second kappa shape index (κ2) is 6.38. The normalized spacial score (nSPS) is 10.8. The monoisotopic (exact) mass is 222 g/mol. The van der Waals surface area contributed by atoms with Crippen LogP contribution in [0, 0.1) is 0 Å². The molecule has 0 saturated heterocycles. The summed E-state index contributed by atoms with van der Waals surface area (Å²) < 4.78 is 5.14. The quantitative estimate of drug-likeness (QED) is 0.752. The summed E-state index contributed by atoms with van der Waals surface area (Å²) in [5.41, 5.74) is 7.98. The highest BCUT2D eigenvalue weighted by Crippen LogP contribution is 2.20. The van der Waals surface area contributed by atoms with Crippen molar-refractivity contribution in [3.05, 3.63) is 23.8 Å². The van der Waals surface area contributed by atoms with Gasteiger partial charge >= 0.3 is 0 Å². The smallest absolute Gasteiger partial charge is 0.120 e. The first-order valence-electron chi connectivity index (χ1n) is 5.86. The highest BCUT2D eigenvalue weighted by atomic mass is 16.5. The van der Waals surface area contributed by atoms with Gasteiger partial charge in [0.1, 0.15) is 5.75 Å². The van der Waals surface area contributed by atoms with Crippen LogP contribution in [0.2, 0.25) is 0 Å². The summed E-state index contributed by atoms with van der Waals surface area (Å²) in [6, 6.07) is 5.90. The van der Waals surface area contributed by atoms with Gasteiger partial charge in [-0.15, -0.1) is 0 Å². The Bertz CT molecular complexity index is 326. The number of anilines is 1. The molecule has 90 valence electrons. The summed E-state index contributed by atoms with van der Waals surface area (Å²) in [5, 5.41) is 0. The zero-order valence-electron chi connectivity index (χ0n) is 10.5. The van der Waals surface area contributed by atoms with Crippen molar-refractivity contribution in [1.82, 2.24) is 4.90 Å². The molecule has 0 heterocycles. The third-order valence-corrected chi connectivity index (χ3v) is 2.73. The van der Waals surface area contributed by atoms with Crippen LogP contribution < -0.4 is 10.5 Å². The molecule has 1 aromatic rings. The molecule has 0 aliphatic rings. The molecule has 3 nitrogen and oxygen atoms in total. The van der Waals surface area contributed by atoms with Crippen LogP contribution in [-0.4, -0.2) is 25.1 Å². The fourth-order valence-electron chi connectivity index (χ4n) is 1.75. The van der Waals surface area contributed by atoms with Gasteiger partial charge in [-0.1, -0.05) is 19.9 Å². The number of nitrogens with zero attached hydrogens (tertiary/aromatic N) is 1. The largest absolute Gasteiger partial charge is 0.497 e. The first kappa shape index (κ1) is 12.8.